The molecule has 0 aromatic heterocycles. The molecule has 0 bridgehead atoms. The first kappa shape index (κ1) is 25.6. The molecule has 0 amide bonds. The number of methoxy groups -OCH3 is 1. The van der Waals surface area contributed by atoms with Gasteiger partial charge in [0, 0.05) is 44.2 Å². The van der Waals surface area contributed by atoms with Gasteiger partial charge in [-0.1, -0.05) is 12.1 Å². The summed E-state index contributed by atoms with van der Waals surface area (Å²) < 4.78 is 53.6. The van der Waals surface area contributed by atoms with Crippen LogP contribution in [0.15, 0.2) is 54.2 Å². The minimum absolute atomic E-state index is 0.230. The smallest absolute Gasteiger partial charge is 0.419 e. The summed E-state index contributed by atoms with van der Waals surface area (Å²) in [6.45, 7) is 1.36. The molecule has 10 heteroatoms. The van der Waals surface area contributed by atoms with Crippen LogP contribution in [0, 0.1) is 11.2 Å². The van der Waals surface area contributed by atoms with Gasteiger partial charge in [-0.3, -0.25) is 4.79 Å². The van der Waals surface area contributed by atoms with Gasteiger partial charge in [-0.25, -0.2) is 9.18 Å². The van der Waals surface area contributed by atoms with Crippen LogP contribution in [-0.4, -0.2) is 43.6 Å². The molecule has 33 heavy (non-hydrogen) atoms. The minimum atomic E-state index is -4.64. The van der Waals surface area contributed by atoms with Crippen LogP contribution in [0.25, 0.3) is 0 Å². The molecular weight excluding hydrogens is 442 g/mol. The number of carbonyl (C=O) groups is 2. The van der Waals surface area contributed by atoms with Crippen molar-refractivity contribution in [3.63, 3.8) is 0 Å². The lowest BCUT2D eigenvalue weighted by atomic mass is 10.1. The van der Waals surface area contributed by atoms with Crippen molar-refractivity contribution in [3.8, 4) is 0 Å². The number of hydrogen-bond acceptors (Lipinski definition) is 6. The van der Waals surface area contributed by atoms with Gasteiger partial charge in [-0.2, -0.15) is 13.2 Å². The second-order valence-corrected chi connectivity index (χ2v) is 7.03. The van der Waals surface area contributed by atoms with Crippen LogP contribution in [0.2, 0.25) is 0 Å². The highest BCUT2D eigenvalue weighted by atomic mass is 19.4. The molecule has 176 valence electrons. The number of allylic oxidation sites excluding steroid dienone is 1. The van der Waals surface area contributed by atoms with Gasteiger partial charge in [0.15, 0.2) is 6.29 Å². The second-order valence-electron chi connectivity index (χ2n) is 7.03. The summed E-state index contributed by atoms with van der Waals surface area (Å²) in [6, 6.07) is 9.92. The Balaban J connectivity index is 0.000000257. The number of aldehydes is 1. The zero-order valence-electron chi connectivity index (χ0n) is 18.0. The Labute approximate surface area is 188 Å². The summed E-state index contributed by atoms with van der Waals surface area (Å²) in [6.07, 6.45) is -1.64. The van der Waals surface area contributed by atoms with Crippen molar-refractivity contribution in [1.82, 2.24) is 4.90 Å². The summed E-state index contributed by atoms with van der Waals surface area (Å²) in [7, 11) is 2.82. The normalized spacial score (nSPS) is 13.5. The molecule has 1 aliphatic rings. The van der Waals surface area contributed by atoms with Crippen LogP contribution in [0.5, 0.6) is 0 Å². The first-order valence-corrected chi connectivity index (χ1v) is 9.79. The molecule has 1 heterocycles. The number of esters is 1. The molecule has 0 spiro atoms. The molecule has 6 nitrogen and oxygen atoms in total. The molecule has 2 N–H and O–H groups in total. The van der Waals surface area contributed by atoms with Crippen molar-refractivity contribution in [3.05, 3.63) is 76.7 Å². The predicted molar refractivity (Wildman–Crippen MR) is 116 cm³/mol. The first-order chi connectivity index (χ1) is 15.6. The number of carbonyl (C=O) groups excluding carboxylic acids is 2. The molecule has 0 fully saturated rings. The Hall–Kier alpha value is -3.69. The van der Waals surface area contributed by atoms with Gasteiger partial charge < -0.3 is 20.4 Å². The van der Waals surface area contributed by atoms with Gasteiger partial charge in [0.25, 0.3) is 0 Å². The summed E-state index contributed by atoms with van der Waals surface area (Å²) >= 11 is 0. The number of ether oxygens (including phenoxy) is 1. The van der Waals surface area contributed by atoms with Gasteiger partial charge in [0.1, 0.15) is 5.82 Å². The number of rotatable bonds is 5. The standard InChI is InChI=1S/C15H16N2O3.C8H7F4N/c1-20-15(19)12-4-2-11(3-5-12)8-17-7-6-14(16)13(9-17)10-18;1-13-5-2-3-7(9)6(4-5)8(10,11)12/h2-5,9-10,16H,6-8H2,1H3;2-4,13H,1H3. The molecule has 3 rings (SSSR count). The molecule has 2 aromatic rings. The molecule has 1 aliphatic heterocycles. The van der Waals surface area contributed by atoms with Gasteiger partial charge in [0.2, 0.25) is 0 Å². The van der Waals surface area contributed by atoms with Gasteiger partial charge in [-0.05, 0) is 35.9 Å². The van der Waals surface area contributed by atoms with E-state index in [1.165, 1.54) is 20.2 Å². The topological polar surface area (TPSA) is 82.5 Å². The Kier molecular flexibility index (Phi) is 8.72. The van der Waals surface area contributed by atoms with E-state index in [9.17, 15) is 27.2 Å². The minimum Gasteiger partial charge on any atom is -0.465 e. The van der Waals surface area contributed by atoms with E-state index >= 15 is 0 Å². The number of nitrogens with one attached hydrogen (secondary N) is 2. The average molecular weight is 465 g/mol. The number of halogens is 4. The summed E-state index contributed by atoms with van der Waals surface area (Å²) in [5.74, 6) is -1.61. The molecule has 0 saturated carbocycles. The SMILES string of the molecule is CNc1ccc(F)c(C(F)(F)F)c1.COC(=O)c1ccc(CN2C=C(C=O)C(=N)CC2)cc1. The first-order valence-electron chi connectivity index (χ1n) is 9.79. The average Bonchev–Trinajstić information content (AvgIpc) is 2.80. The highest BCUT2D eigenvalue weighted by Gasteiger charge is 2.34. The molecule has 0 unspecified atom stereocenters. The van der Waals surface area contributed by atoms with Gasteiger partial charge >= 0.3 is 12.1 Å². The zero-order valence-corrected chi connectivity index (χ0v) is 18.0. The third-order valence-corrected chi connectivity index (χ3v) is 4.77. The fourth-order valence-electron chi connectivity index (χ4n) is 2.96. The van der Waals surface area contributed by atoms with Crippen molar-refractivity contribution >= 4 is 23.7 Å². The fraction of sp³-hybridized carbons (Fsp3) is 0.261. The van der Waals surface area contributed by atoms with E-state index in [2.05, 4.69) is 10.1 Å². The van der Waals surface area contributed by atoms with Crippen molar-refractivity contribution in [1.29, 1.82) is 5.41 Å². The van der Waals surface area contributed by atoms with E-state index in [1.807, 2.05) is 17.0 Å². The Bertz CT molecular complexity index is 1030. The molecule has 2 aromatic carbocycles. The van der Waals surface area contributed by atoms with E-state index in [1.54, 1.807) is 18.3 Å². The van der Waals surface area contributed by atoms with E-state index in [-0.39, 0.29) is 11.7 Å². The lowest BCUT2D eigenvalue weighted by Crippen LogP contribution is -2.27. The van der Waals surface area contributed by atoms with Crippen molar-refractivity contribution < 1.29 is 31.9 Å². The molecular formula is C23H23F4N3O3. The quantitative estimate of drug-likeness (QED) is 0.381. The van der Waals surface area contributed by atoms with E-state index in [0.29, 0.717) is 29.8 Å². The monoisotopic (exact) mass is 465 g/mol. The van der Waals surface area contributed by atoms with Crippen LogP contribution in [0.4, 0.5) is 23.2 Å². The predicted octanol–water partition coefficient (Wildman–Crippen LogP) is 4.67. The van der Waals surface area contributed by atoms with Crippen LogP contribution < -0.4 is 5.32 Å². The molecule has 0 aliphatic carbocycles. The zero-order chi connectivity index (χ0) is 24.6. The summed E-state index contributed by atoms with van der Waals surface area (Å²) in [5, 5.41) is 10.1. The van der Waals surface area contributed by atoms with Crippen molar-refractivity contribution in [2.45, 2.75) is 19.1 Å². The van der Waals surface area contributed by atoms with E-state index in [4.69, 9.17) is 5.41 Å². The number of alkyl halides is 3. The van der Waals surface area contributed by atoms with E-state index < -0.39 is 17.6 Å². The van der Waals surface area contributed by atoms with E-state index in [0.717, 1.165) is 30.5 Å². The lowest BCUT2D eigenvalue weighted by Gasteiger charge is -2.25. The lowest BCUT2D eigenvalue weighted by molar-refractivity contribution is -0.139. The number of benzene rings is 2. The molecule has 0 radical (unpaired) electrons. The maximum Gasteiger partial charge on any atom is 0.419 e. The van der Waals surface area contributed by atoms with Gasteiger partial charge in [0.05, 0.1) is 23.8 Å². The highest BCUT2D eigenvalue weighted by molar-refractivity contribution is 6.13. The highest BCUT2D eigenvalue weighted by Crippen LogP contribution is 2.32. The van der Waals surface area contributed by atoms with Crippen LogP contribution >= 0.6 is 0 Å². The maximum absolute atomic E-state index is 12.7. The largest absolute Gasteiger partial charge is 0.465 e. The maximum atomic E-state index is 12.7. The Morgan fingerprint density at radius 1 is 1.21 bits per heavy atom. The Morgan fingerprint density at radius 3 is 2.42 bits per heavy atom. The van der Waals surface area contributed by atoms with Gasteiger partial charge in [-0.15, -0.1) is 0 Å². The van der Waals surface area contributed by atoms with Crippen molar-refractivity contribution in [2.75, 3.05) is 26.0 Å². The molecule has 0 saturated heterocycles. The number of hydrogen-bond donors (Lipinski definition) is 2. The Morgan fingerprint density at radius 2 is 1.88 bits per heavy atom. The third kappa shape index (κ3) is 7.16. The van der Waals surface area contributed by atoms with Crippen LogP contribution in [-0.2, 0) is 22.3 Å². The summed E-state index contributed by atoms with van der Waals surface area (Å²) in [4.78, 5) is 24.2. The fourth-order valence-corrected chi connectivity index (χ4v) is 2.96. The number of nitrogens with zero attached hydrogens (tertiary/aromatic N) is 1. The van der Waals surface area contributed by atoms with Crippen LogP contribution in [0.1, 0.15) is 27.9 Å². The summed E-state index contributed by atoms with van der Waals surface area (Å²) in [5.41, 5.74) is 1.35. The number of anilines is 1. The third-order valence-electron chi connectivity index (χ3n) is 4.77. The second kappa shape index (κ2) is 11.3. The van der Waals surface area contributed by atoms with Crippen LogP contribution in [0.3, 0.4) is 0 Å². The van der Waals surface area contributed by atoms with Crippen molar-refractivity contribution in [2.24, 2.45) is 0 Å². The molecule has 0 atom stereocenters.